The highest BCUT2D eigenvalue weighted by Gasteiger charge is 2.19. The van der Waals surface area contributed by atoms with Gasteiger partial charge in [-0.2, -0.15) is 0 Å². The van der Waals surface area contributed by atoms with E-state index >= 15 is 0 Å². The van der Waals surface area contributed by atoms with Crippen molar-refractivity contribution in [1.82, 2.24) is 25.1 Å². The molecule has 0 atom stereocenters. The molecular weight excluding hydrogens is 466 g/mol. The first kappa shape index (κ1) is 22.4. The van der Waals surface area contributed by atoms with Crippen LogP contribution in [0.1, 0.15) is 5.56 Å². The van der Waals surface area contributed by atoms with Crippen molar-refractivity contribution < 1.29 is 9.47 Å². The highest BCUT2D eigenvalue weighted by atomic mass is 16.5. The van der Waals surface area contributed by atoms with E-state index in [2.05, 4.69) is 41.8 Å². The molecule has 6 rings (SSSR count). The molecule has 37 heavy (non-hydrogen) atoms. The number of anilines is 4. The molecule has 184 valence electrons. The standard InChI is InChI=1S/C28H25N7O2/c1-16-7-8-18(14-23(16)33-28-30-11-9-22(32-28)21-6-4-5-10-29-21)31-27-20-12-17-13-24(36-2)25(37-3)15-19(17)26(20)34-35-27/h4-15,31,34-35H,1-3H3,(H,30,32,33). The molecule has 0 fully saturated rings. The minimum absolute atomic E-state index is 0.504. The zero-order valence-electron chi connectivity index (χ0n) is 20.6. The molecule has 0 saturated carbocycles. The number of fused-ring (bicyclic) bond motifs is 3. The van der Waals surface area contributed by atoms with Crippen LogP contribution in [0.25, 0.3) is 33.4 Å². The van der Waals surface area contributed by atoms with Crippen LogP contribution < -0.4 is 20.1 Å². The Kier molecular flexibility index (Phi) is 5.57. The van der Waals surface area contributed by atoms with E-state index in [9.17, 15) is 0 Å². The van der Waals surface area contributed by atoms with Crippen molar-refractivity contribution in [3.8, 4) is 34.1 Å². The average Bonchev–Trinajstić information content (AvgIpc) is 3.49. The van der Waals surface area contributed by atoms with E-state index in [-0.39, 0.29) is 0 Å². The number of nitrogens with one attached hydrogen (secondary N) is 4. The molecule has 3 heterocycles. The van der Waals surface area contributed by atoms with Crippen LogP contribution in [-0.2, 0) is 0 Å². The van der Waals surface area contributed by atoms with Gasteiger partial charge in [-0.1, -0.05) is 12.1 Å². The molecular formula is C28H25N7O2. The summed E-state index contributed by atoms with van der Waals surface area (Å²) in [7, 11) is 3.28. The topological polar surface area (TPSA) is 113 Å². The van der Waals surface area contributed by atoms with Crippen molar-refractivity contribution in [3.05, 3.63) is 78.6 Å². The van der Waals surface area contributed by atoms with Gasteiger partial charge in [-0.15, -0.1) is 0 Å². The molecule has 4 aromatic rings. The minimum Gasteiger partial charge on any atom is -0.493 e. The van der Waals surface area contributed by atoms with Crippen molar-refractivity contribution >= 4 is 33.9 Å². The first-order valence-electron chi connectivity index (χ1n) is 11.8. The second-order valence-electron chi connectivity index (χ2n) is 8.61. The molecule has 0 saturated heterocycles. The summed E-state index contributed by atoms with van der Waals surface area (Å²) in [5.74, 6) is 2.75. The Hall–Kier alpha value is -5.05. The molecule has 0 amide bonds. The van der Waals surface area contributed by atoms with E-state index in [0.717, 1.165) is 56.2 Å². The van der Waals surface area contributed by atoms with E-state index in [1.54, 1.807) is 26.6 Å². The van der Waals surface area contributed by atoms with Gasteiger partial charge < -0.3 is 20.1 Å². The summed E-state index contributed by atoms with van der Waals surface area (Å²) in [5, 5.41) is 15.5. The third kappa shape index (κ3) is 4.16. The minimum atomic E-state index is 0.504. The Morgan fingerprint density at radius 2 is 1.65 bits per heavy atom. The predicted octanol–water partition coefficient (Wildman–Crippen LogP) is 6.27. The maximum Gasteiger partial charge on any atom is 0.227 e. The number of aromatic nitrogens is 5. The van der Waals surface area contributed by atoms with Crippen LogP contribution in [0, 0.1) is 6.92 Å². The van der Waals surface area contributed by atoms with Gasteiger partial charge in [0.05, 0.1) is 31.3 Å². The number of hydrogen-bond donors (Lipinski definition) is 4. The number of pyridine rings is 1. The molecule has 9 nitrogen and oxygen atoms in total. The molecule has 0 spiro atoms. The van der Waals surface area contributed by atoms with Crippen molar-refractivity contribution in [2.75, 3.05) is 24.9 Å². The number of ether oxygens (including phenoxy) is 2. The summed E-state index contributed by atoms with van der Waals surface area (Å²) in [5.41, 5.74) is 6.45. The molecule has 0 unspecified atom stereocenters. The van der Waals surface area contributed by atoms with Gasteiger partial charge in [0.1, 0.15) is 5.82 Å². The van der Waals surface area contributed by atoms with Crippen molar-refractivity contribution in [3.63, 3.8) is 0 Å². The summed E-state index contributed by atoms with van der Waals surface area (Å²) >= 11 is 0. The number of methoxy groups -OCH3 is 2. The monoisotopic (exact) mass is 491 g/mol. The van der Waals surface area contributed by atoms with Crippen molar-refractivity contribution in [1.29, 1.82) is 0 Å². The molecule has 0 bridgehead atoms. The van der Waals surface area contributed by atoms with E-state index < -0.39 is 0 Å². The molecule has 2 aromatic carbocycles. The second kappa shape index (κ2) is 9.19. The Bertz CT molecular complexity index is 1670. The lowest BCUT2D eigenvalue weighted by Crippen LogP contribution is -2.01. The first-order valence-corrected chi connectivity index (χ1v) is 11.8. The third-order valence-electron chi connectivity index (χ3n) is 6.31. The van der Waals surface area contributed by atoms with Gasteiger partial charge in [-0.25, -0.2) is 9.97 Å². The lowest BCUT2D eigenvalue weighted by atomic mass is 10.1. The van der Waals surface area contributed by atoms with Gasteiger partial charge in [-0.05, 0) is 66.4 Å². The Balaban J connectivity index is 1.28. The molecule has 4 N–H and O–H groups in total. The predicted molar refractivity (Wildman–Crippen MR) is 145 cm³/mol. The van der Waals surface area contributed by atoms with Gasteiger partial charge >= 0.3 is 0 Å². The van der Waals surface area contributed by atoms with E-state index in [4.69, 9.17) is 9.47 Å². The zero-order valence-corrected chi connectivity index (χ0v) is 20.6. The summed E-state index contributed by atoms with van der Waals surface area (Å²) in [6.45, 7) is 2.04. The maximum absolute atomic E-state index is 5.49. The summed E-state index contributed by atoms with van der Waals surface area (Å²) in [4.78, 5) is 13.4. The lowest BCUT2D eigenvalue weighted by molar-refractivity contribution is 0.356. The summed E-state index contributed by atoms with van der Waals surface area (Å²) in [6.07, 6.45) is 3.48. The Labute approximate surface area is 213 Å². The Morgan fingerprint density at radius 1 is 0.784 bits per heavy atom. The van der Waals surface area contributed by atoms with E-state index in [1.165, 1.54) is 0 Å². The number of hydrogen-bond acceptors (Lipinski definition) is 7. The lowest BCUT2D eigenvalue weighted by Gasteiger charge is -2.12. The van der Waals surface area contributed by atoms with Gasteiger partial charge in [0, 0.05) is 34.7 Å². The first-order chi connectivity index (χ1) is 18.1. The number of aromatic amines is 2. The normalized spacial score (nSPS) is 11.1. The molecule has 1 aliphatic heterocycles. The van der Waals surface area contributed by atoms with E-state index in [1.807, 2.05) is 61.5 Å². The number of rotatable bonds is 7. The molecule has 9 heteroatoms. The molecule has 1 aliphatic carbocycles. The highest BCUT2D eigenvalue weighted by molar-refractivity contribution is 6.05. The number of nitrogens with zero attached hydrogens (tertiary/aromatic N) is 3. The van der Waals surface area contributed by atoms with E-state index in [0.29, 0.717) is 17.4 Å². The SMILES string of the molecule is COc1cc2cc3c(Nc4ccc(C)c(Nc5nccc(-c6ccccn6)n5)c4)[nH][nH]c-3c2cc1OC. The van der Waals surface area contributed by atoms with Crippen LogP contribution in [-0.4, -0.2) is 39.4 Å². The molecule has 2 aromatic heterocycles. The van der Waals surface area contributed by atoms with Crippen molar-refractivity contribution in [2.45, 2.75) is 6.92 Å². The largest absolute Gasteiger partial charge is 0.493 e. The fourth-order valence-corrected chi connectivity index (χ4v) is 4.40. The van der Waals surface area contributed by atoms with Gasteiger partial charge in [0.15, 0.2) is 11.5 Å². The number of benzene rings is 2. The third-order valence-corrected chi connectivity index (χ3v) is 6.31. The Morgan fingerprint density at radius 3 is 2.46 bits per heavy atom. The highest BCUT2D eigenvalue weighted by Crippen LogP contribution is 2.43. The second-order valence-corrected chi connectivity index (χ2v) is 8.61. The quantitative estimate of drug-likeness (QED) is 0.208. The fraction of sp³-hybridized carbons (Fsp3) is 0.107. The van der Waals surface area contributed by atoms with Gasteiger partial charge in [-0.3, -0.25) is 15.2 Å². The zero-order chi connectivity index (χ0) is 25.4. The van der Waals surface area contributed by atoms with Crippen LogP contribution in [0.15, 0.2) is 73.1 Å². The molecule has 2 aliphatic rings. The maximum atomic E-state index is 5.49. The van der Waals surface area contributed by atoms with Crippen LogP contribution >= 0.6 is 0 Å². The number of aryl methyl sites for hydroxylation is 1. The average molecular weight is 492 g/mol. The smallest absolute Gasteiger partial charge is 0.227 e. The van der Waals surface area contributed by atoms with Crippen molar-refractivity contribution in [2.24, 2.45) is 0 Å². The summed E-state index contributed by atoms with van der Waals surface area (Å²) in [6, 6.07) is 19.8. The summed E-state index contributed by atoms with van der Waals surface area (Å²) < 4.78 is 11.0. The fourth-order valence-electron chi connectivity index (χ4n) is 4.40. The van der Waals surface area contributed by atoms with Crippen LogP contribution in [0.3, 0.4) is 0 Å². The van der Waals surface area contributed by atoms with Gasteiger partial charge in [0.2, 0.25) is 5.95 Å². The van der Waals surface area contributed by atoms with Gasteiger partial charge in [0.25, 0.3) is 0 Å². The molecule has 0 radical (unpaired) electrons. The number of H-pyrrole nitrogens is 2. The van der Waals surface area contributed by atoms with Crippen LogP contribution in [0.5, 0.6) is 11.5 Å². The van der Waals surface area contributed by atoms with Crippen LogP contribution in [0.4, 0.5) is 23.1 Å². The van der Waals surface area contributed by atoms with Crippen LogP contribution in [0.2, 0.25) is 0 Å².